The Kier molecular flexibility index (Phi) is 5.19. The number of fused-ring (bicyclic) bond motifs is 1. The number of hydrogen-bond donors (Lipinski definition) is 1. The van der Waals surface area contributed by atoms with Gasteiger partial charge in [-0.2, -0.15) is 0 Å². The quantitative estimate of drug-likeness (QED) is 0.866. The molecule has 0 aliphatic carbocycles. The lowest BCUT2D eigenvalue weighted by Gasteiger charge is -2.24. The number of benzene rings is 1. The molecule has 1 atom stereocenters. The molecule has 1 aromatic carbocycles. The van der Waals surface area contributed by atoms with Crippen LogP contribution in [0.2, 0.25) is 0 Å². The van der Waals surface area contributed by atoms with Crippen molar-refractivity contribution in [2.24, 2.45) is 0 Å². The molecule has 2 aliphatic heterocycles. The number of nitrogens with one attached hydrogen (secondary N) is 1. The number of urea groups is 1. The fraction of sp³-hybridized carbons (Fsp3) is 0.556. The third kappa shape index (κ3) is 4.02. The van der Waals surface area contributed by atoms with Crippen LogP contribution in [0.1, 0.15) is 24.8 Å². The number of aromatic nitrogens is 2. The van der Waals surface area contributed by atoms with Crippen molar-refractivity contribution in [2.75, 3.05) is 32.8 Å². The van der Waals surface area contributed by atoms with E-state index in [-0.39, 0.29) is 18.0 Å². The Morgan fingerprint density at radius 3 is 2.74 bits per heavy atom. The second kappa shape index (κ2) is 7.91. The molecule has 2 fully saturated rings. The van der Waals surface area contributed by atoms with Gasteiger partial charge in [-0.25, -0.2) is 9.42 Å². The molecule has 144 valence electrons. The molecule has 0 saturated carbocycles. The lowest BCUT2D eigenvalue weighted by molar-refractivity contribution is -0.140. The SMILES string of the molecule is O=C(NCc1ccc2nonc2c1)N1CCCN(C(=O)[C@@H]2CCCO2)CC1. The van der Waals surface area contributed by atoms with Crippen LogP contribution in [0, 0.1) is 0 Å². The van der Waals surface area contributed by atoms with E-state index >= 15 is 0 Å². The maximum Gasteiger partial charge on any atom is 0.317 e. The van der Waals surface area contributed by atoms with Gasteiger partial charge in [-0.05, 0) is 47.3 Å². The van der Waals surface area contributed by atoms with Crippen molar-refractivity contribution >= 4 is 23.0 Å². The summed E-state index contributed by atoms with van der Waals surface area (Å²) in [4.78, 5) is 28.6. The molecule has 9 nitrogen and oxygen atoms in total. The number of ether oxygens (including phenoxy) is 1. The van der Waals surface area contributed by atoms with Crippen molar-refractivity contribution in [1.82, 2.24) is 25.4 Å². The predicted octanol–water partition coefficient (Wildman–Crippen LogP) is 1.15. The highest BCUT2D eigenvalue weighted by molar-refractivity contribution is 5.81. The van der Waals surface area contributed by atoms with Crippen LogP contribution < -0.4 is 5.32 Å². The summed E-state index contributed by atoms with van der Waals surface area (Å²) in [6.07, 6.45) is 2.20. The van der Waals surface area contributed by atoms with Gasteiger partial charge in [0.2, 0.25) is 0 Å². The second-order valence-corrected chi connectivity index (χ2v) is 6.91. The lowest BCUT2D eigenvalue weighted by Crippen LogP contribution is -2.44. The normalized spacial score (nSPS) is 20.7. The smallest absolute Gasteiger partial charge is 0.317 e. The predicted molar refractivity (Wildman–Crippen MR) is 95.8 cm³/mol. The minimum Gasteiger partial charge on any atom is -0.368 e. The molecule has 0 spiro atoms. The van der Waals surface area contributed by atoms with E-state index in [1.54, 1.807) is 4.90 Å². The van der Waals surface area contributed by atoms with Gasteiger partial charge in [-0.3, -0.25) is 4.79 Å². The number of carbonyl (C=O) groups excluding carboxylic acids is 2. The van der Waals surface area contributed by atoms with Gasteiger partial charge in [-0.15, -0.1) is 0 Å². The Morgan fingerprint density at radius 1 is 1.07 bits per heavy atom. The molecule has 1 N–H and O–H groups in total. The first-order chi connectivity index (χ1) is 13.2. The van der Waals surface area contributed by atoms with Crippen molar-refractivity contribution in [3.05, 3.63) is 23.8 Å². The minimum absolute atomic E-state index is 0.0595. The van der Waals surface area contributed by atoms with Gasteiger partial charge < -0.3 is 19.9 Å². The molecule has 3 heterocycles. The number of rotatable bonds is 3. The van der Waals surface area contributed by atoms with Crippen LogP contribution in [0.25, 0.3) is 11.0 Å². The Balaban J connectivity index is 1.29. The molecule has 0 unspecified atom stereocenters. The maximum absolute atomic E-state index is 12.5. The molecule has 1 aromatic heterocycles. The van der Waals surface area contributed by atoms with Gasteiger partial charge in [0.05, 0.1) is 0 Å². The fourth-order valence-electron chi connectivity index (χ4n) is 3.54. The van der Waals surface area contributed by atoms with E-state index in [4.69, 9.17) is 4.74 Å². The van der Waals surface area contributed by atoms with Crippen LogP contribution in [-0.4, -0.2) is 70.9 Å². The van der Waals surface area contributed by atoms with E-state index in [1.165, 1.54) is 0 Å². The van der Waals surface area contributed by atoms with Crippen LogP contribution in [0.15, 0.2) is 22.8 Å². The number of nitrogens with zero attached hydrogens (tertiary/aromatic N) is 4. The Labute approximate surface area is 156 Å². The zero-order valence-electron chi connectivity index (χ0n) is 15.1. The van der Waals surface area contributed by atoms with Gasteiger partial charge in [0.15, 0.2) is 0 Å². The molecule has 2 aliphatic rings. The van der Waals surface area contributed by atoms with Gasteiger partial charge >= 0.3 is 6.03 Å². The monoisotopic (exact) mass is 373 g/mol. The zero-order chi connectivity index (χ0) is 18.6. The molecule has 2 saturated heterocycles. The van der Waals surface area contributed by atoms with E-state index in [1.807, 2.05) is 23.1 Å². The average Bonchev–Trinajstić information content (AvgIpc) is 3.32. The van der Waals surface area contributed by atoms with E-state index in [0.717, 1.165) is 24.8 Å². The first kappa shape index (κ1) is 17.7. The first-order valence-electron chi connectivity index (χ1n) is 9.35. The summed E-state index contributed by atoms with van der Waals surface area (Å²) in [5.41, 5.74) is 2.28. The Morgan fingerprint density at radius 2 is 1.89 bits per heavy atom. The van der Waals surface area contributed by atoms with Gasteiger partial charge in [-0.1, -0.05) is 6.07 Å². The highest BCUT2D eigenvalue weighted by Crippen LogP contribution is 2.16. The topological polar surface area (TPSA) is 101 Å². The molecular formula is C18H23N5O4. The summed E-state index contributed by atoms with van der Waals surface area (Å²) in [5, 5.41) is 10.5. The first-order valence-corrected chi connectivity index (χ1v) is 9.35. The van der Waals surface area contributed by atoms with Crippen LogP contribution in [0.5, 0.6) is 0 Å². The summed E-state index contributed by atoms with van der Waals surface area (Å²) in [7, 11) is 0. The van der Waals surface area contributed by atoms with Crippen LogP contribution in [-0.2, 0) is 16.1 Å². The number of amides is 3. The summed E-state index contributed by atoms with van der Waals surface area (Å²) in [5.74, 6) is 0.0595. The Bertz CT molecular complexity index is 817. The standard InChI is InChI=1S/C18H23N5O4/c24-17(16-3-1-10-26-16)22-6-2-7-23(9-8-22)18(25)19-12-13-4-5-14-15(11-13)21-27-20-14/h4-5,11,16H,1-3,6-10,12H2,(H,19,25)/t16-/m0/s1. The molecule has 0 bridgehead atoms. The van der Waals surface area contributed by atoms with Gasteiger partial charge in [0.1, 0.15) is 17.1 Å². The van der Waals surface area contributed by atoms with E-state index < -0.39 is 0 Å². The van der Waals surface area contributed by atoms with Crippen molar-refractivity contribution in [3.8, 4) is 0 Å². The third-order valence-corrected chi connectivity index (χ3v) is 5.06. The van der Waals surface area contributed by atoms with Crippen LogP contribution >= 0.6 is 0 Å². The molecule has 4 rings (SSSR count). The molecule has 0 radical (unpaired) electrons. The van der Waals surface area contributed by atoms with Crippen LogP contribution in [0.4, 0.5) is 4.79 Å². The highest BCUT2D eigenvalue weighted by Gasteiger charge is 2.30. The summed E-state index contributed by atoms with van der Waals surface area (Å²) in [6.45, 7) is 3.43. The fourth-order valence-corrected chi connectivity index (χ4v) is 3.54. The Hall–Kier alpha value is -2.68. The lowest BCUT2D eigenvalue weighted by atomic mass is 10.2. The molecule has 27 heavy (non-hydrogen) atoms. The molecular weight excluding hydrogens is 350 g/mol. The summed E-state index contributed by atoms with van der Waals surface area (Å²) in [6, 6.07) is 5.42. The summed E-state index contributed by atoms with van der Waals surface area (Å²) >= 11 is 0. The number of carbonyl (C=O) groups is 2. The molecule has 9 heteroatoms. The van der Waals surface area contributed by atoms with E-state index in [0.29, 0.717) is 50.4 Å². The average molecular weight is 373 g/mol. The largest absolute Gasteiger partial charge is 0.368 e. The maximum atomic E-state index is 12.5. The molecule has 3 amide bonds. The zero-order valence-corrected chi connectivity index (χ0v) is 15.1. The number of hydrogen-bond acceptors (Lipinski definition) is 6. The second-order valence-electron chi connectivity index (χ2n) is 6.91. The van der Waals surface area contributed by atoms with Crippen molar-refractivity contribution < 1.29 is 19.0 Å². The van der Waals surface area contributed by atoms with Crippen molar-refractivity contribution in [3.63, 3.8) is 0 Å². The van der Waals surface area contributed by atoms with Crippen molar-refractivity contribution in [1.29, 1.82) is 0 Å². The summed E-state index contributed by atoms with van der Waals surface area (Å²) < 4.78 is 10.2. The van der Waals surface area contributed by atoms with Gasteiger partial charge in [0.25, 0.3) is 5.91 Å². The van der Waals surface area contributed by atoms with E-state index in [2.05, 4.69) is 20.3 Å². The third-order valence-electron chi connectivity index (χ3n) is 5.06. The van der Waals surface area contributed by atoms with E-state index in [9.17, 15) is 9.59 Å². The minimum atomic E-state index is -0.300. The highest BCUT2D eigenvalue weighted by atomic mass is 16.6. The van der Waals surface area contributed by atoms with Gasteiger partial charge in [0, 0.05) is 39.3 Å². The van der Waals surface area contributed by atoms with Crippen molar-refractivity contribution in [2.45, 2.75) is 31.9 Å². The van der Waals surface area contributed by atoms with Crippen LogP contribution in [0.3, 0.4) is 0 Å². The molecule has 2 aromatic rings.